The number of rotatable bonds is 4. The first-order valence-electron chi connectivity index (χ1n) is 8.16. The van der Waals surface area contributed by atoms with Crippen LogP contribution in [0.4, 0.5) is 0 Å². The van der Waals surface area contributed by atoms with Crippen LogP contribution < -0.4 is 0 Å². The van der Waals surface area contributed by atoms with Crippen molar-refractivity contribution in [3.05, 3.63) is 36.5 Å². The monoisotopic (exact) mass is 312 g/mol. The lowest BCUT2D eigenvalue weighted by Crippen LogP contribution is -2.51. The second-order valence-corrected chi connectivity index (χ2v) is 6.24. The average molecular weight is 312 g/mol. The summed E-state index contributed by atoms with van der Waals surface area (Å²) in [6.07, 6.45) is 4.67. The number of likely N-dealkylation sites (tertiary alicyclic amines) is 1. The number of hydrogen-bond donors (Lipinski definition) is 0. The summed E-state index contributed by atoms with van der Waals surface area (Å²) in [6, 6.07) is 10.2. The van der Waals surface area contributed by atoms with Crippen molar-refractivity contribution in [1.29, 1.82) is 0 Å². The highest BCUT2D eigenvalue weighted by Crippen LogP contribution is 2.25. The normalized spacial score (nSPS) is 21.4. The molecule has 2 saturated heterocycles. The van der Waals surface area contributed by atoms with Gasteiger partial charge >= 0.3 is 0 Å². The molecule has 1 atom stereocenters. The molecule has 0 N–H and O–H groups in total. The molecule has 0 saturated carbocycles. The Kier molecular flexibility index (Phi) is 3.83. The Hall–Kier alpha value is -2.21. The fourth-order valence-electron chi connectivity index (χ4n) is 3.15. The topological polar surface area (TPSA) is 60.2 Å². The predicted octanol–water partition coefficient (Wildman–Crippen LogP) is 1.90. The second-order valence-electron chi connectivity index (χ2n) is 6.24. The summed E-state index contributed by atoms with van der Waals surface area (Å²) < 4.78 is 7.40. The fourth-order valence-corrected chi connectivity index (χ4v) is 3.15. The van der Waals surface area contributed by atoms with Gasteiger partial charge in [0.1, 0.15) is 5.69 Å². The zero-order valence-electron chi connectivity index (χ0n) is 13.0. The zero-order valence-corrected chi connectivity index (χ0v) is 13.0. The van der Waals surface area contributed by atoms with Gasteiger partial charge in [0.2, 0.25) is 5.91 Å². The highest BCUT2D eigenvalue weighted by atomic mass is 16.5. The second kappa shape index (κ2) is 6.12. The third kappa shape index (κ3) is 2.99. The van der Waals surface area contributed by atoms with Gasteiger partial charge in [-0.1, -0.05) is 35.5 Å². The number of amides is 1. The molecule has 0 bridgehead atoms. The highest BCUT2D eigenvalue weighted by Gasteiger charge is 2.34. The van der Waals surface area contributed by atoms with Crippen LogP contribution in [0.25, 0.3) is 11.3 Å². The van der Waals surface area contributed by atoms with E-state index in [-0.39, 0.29) is 18.1 Å². The lowest BCUT2D eigenvalue weighted by molar-refractivity contribution is -0.139. The lowest BCUT2D eigenvalue weighted by atomic mass is 10.1. The van der Waals surface area contributed by atoms with E-state index in [1.165, 1.54) is 0 Å². The molecule has 2 fully saturated rings. The Balaban J connectivity index is 1.33. The molecular formula is C17H20N4O2. The molecule has 6 heteroatoms. The van der Waals surface area contributed by atoms with Crippen molar-refractivity contribution in [1.82, 2.24) is 19.9 Å². The summed E-state index contributed by atoms with van der Waals surface area (Å²) in [5.74, 6) is 0.191. The van der Waals surface area contributed by atoms with Gasteiger partial charge in [0.05, 0.1) is 24.8 Å². The number of ether oxygens (including phenoxy) is 1. The standard InChI is InChI=1S/C17H20N4O2/c22-17(9-15-7-4-8-23-15)20-10-14(11-20)21-12-16(18-19-21)13-5-2-1-3-6-13/h1-3,5-6,12,14-15H,4,7-11H2/t15-/m1/s1. The van der Waals surface area contributed by atoms with E-state index >= 15 is 0 Å². The van der Waals surface area contributed by atoms with E-state index in [0.717, 1.165) is 30.7 Å². The molecule has 0 radical (unpaired) electrons. The average Bonchev–Trinajstić information content (AvgIpc) is 3.18. The minimum atomic E-state index is 0.123. The van der Waals surface area contributed by atoms with Crippen molar-refractivity contribution >= 4 is 5.91 Å². The molecule has 0 spiro atoms. The molecule has 2 aromatic rings. The molecule has 1 amide bonds. The maximum Gasteiger partial charge on any atom is 0.225 e. The molecule has 1 aromatic carbocycles. The molecule has 4 rings (SSSR count). The van der Waals surface area contributed by atoms with Crippen LogP contribution in [0.3, 0.4) is 0 Å². The van der Waals surface area contributed by atoms with Gasteiger partial charge in [-0.15, -0.1) is 5.10 Å². The Morgan fingerprint density at radius 2 is 2.09 bits per heavy atom. The maximum absolute atomic E-state index is 12.2. The summed E-state index contributed by atoms with van der Waals surface area (Å²) in [7, 11) is 0. The lowest BCUT2D eigenvalue weighted by Gasteiger charge is -2.39. The molecule has 1 aromatic heterocycles. The Morgan fingerprint density at radius 3 is 2.83 bits per heavy atom. The van der Waals surface area contributed by atoms with Crippen LogP contribution in [-0.2, 0) is 9.53 Å². The van der Waals surface area contributed by atoms with Crippen LogP contribution in [0.2, 0.25) is 0 Å². The van der Waals surface area contributed by atoms with Crippen LogP contribution >= 0.6 is 0 Å². The number of nitrogens with zero attached hydrogens (tertiary/aromatic N) is 4. The van der Waals surface area contributed by atoms with E-state index in [1.807, 2.05) is 46.1 Å². The molecule has 0 unspecified atom stereocenters. The molecule has 6 nitrogen and oxygen atoms in total. The summed E-state index contributed by atoms with van der Waals surface area (Å²) in [4.78, 5) is 14.1. The van der Waals surface area contributed by atoms with Gasteiger partial charge in [-0.2, -0.15) is 0 Å². The van der Waals surface area contributed by atoms with E-state index in [4.69, 9.17) is 4.74 Å². The largest absolute Gasteiger partial charge is 0.378 e. The van der Waals surface area contributed by atoms with Gasteiger partial charge in [-0.25, -0.2) is 4.68 Å². The first kappa shape index (κ1) is 14.4. The van der Waals surface area contributed by atoms with Gasteiger partial charge in [-0.05, 0) is 12.8 Å². The first-order chi connectivity index (χ1) is 11.3. The zero-order chi connectivity index (χ0) is 15.6. The smallest absolute Gasteiger partial charge is 0.225 e. The molecule has 3 heterocycles. The van der Waals surface area contributed by atoms with Gasteiger partial charge in [0.15, 0.2) is 0 Å². The van der Waals surface area contributed by atoms with E-state index in [0.29, 0.717) is 19.5 Å². The SMILES string of the molecule is O=C(C[C@H]1CCCO1)N1CC(n2cc(-c3ccccc3)nn2)C1. The number of carbonyl (C=O) groups excluding carboxylic acids is 1. The number of carbonyl (C=O) groups is 1. The van der Waals surface area contributed by atoms with Crippen LogP contribution in [-0.4, -0.2) is 51.6 Å². The van der Waals surface area contributed by atoms with Gasteiger partial charge in [0, 0.05) is 25.3 Å². The Morgan fingerprint density at radius 1 is 1.26 bits per heavy atom. The number of hydrogen-bond acceptors (Lipinski definition) is 4. The third-order valence-corrected chi connectivity index (χ3v) is 4.60. The van der Waals surface area contributed by atoms with Crippen LogP contribution in [0.5, 0.6) is 0 Å². The highest BCUT2D eigenvalue weighted by molar-refractivity contribution is 5.77. The molecule has 2 aliphatic heterocycles. The number of aromatic nitrogens is 3. The quantitative estimate of drug-likeness (QED) is 0.865. The minimum Gasteiger partial charge on any atom is -0.378 e. The van der Waals surface area contributed by atoms with Crippen molar-refractivity contribution in [2.24, 2.45) is 0 Å². The molecular weight excluding hydrogens is 292 g/mol. The third-order valence-electron chi connectivity index (χ3n) is 4.60. The predicted molar refractivity (Wildman–Crippen MR) is 84.7 cm³/mol. The van der Waals surface area contributed by atoms with E-state index in [1.54, 1.807) is 0 Å². The van der Waals surface area contributed by atoms with Crippen molar-refractivity contribution in [2.75, 3.05) is 19.7 Å². The molecule has 23 heavy (non-hydrogen) atoms. The van der Waals surface area contributed by atoms with E-state index < -0.39 is 0 Å². The van der Waals surface area contributed by atoms with Crippen molar-refractivity contribution in [3.8, 4) is 11.3 Å². The maximum atomic E-state index is 12.2. The summed E-state index contributed by atoms with van der Waals surface area (Å²) in [6.45, 7) is 2.22. The number of benzene rings is 1. The van der Waals surface area contributed by atoms with E-state index in [9.17, 15) is 4.79 Å². The van der Waals surface area contributed by atoms with Crippen molar-refractivity contribution < 1.29 is 9.53 Å². The Labute approximate surface area is 135 Å². The van der Waals surface area contributed by atoms with Crippen molar-refractivity contribution in [2.45, 2.75) is 31.4 Å². The molecule has 120 valence electrons. The summed E-state index contributed by atoms with van der Waals surface area (Å²) in [5.41, 5.74) is 1.93. The molecule has 0 aliphatic carbocycles. The van der Waals surface area contributed by atoms with E-state index in [2.05, 4.69) is 10.3 Å². The summed E-state index contributed by atoms with van der Waals surface area (Å²) >= 11 is 0. The van der Waals surface area contributed by atoms with Crippen LogP contribution in [0.1, 0.15) is 25.3 Å². The minimum absolute atomic E-state index is 0.123. The molecule has 2 aliphatic rings. The van der Waals surface area contributed by atoms with Gasteiger partial charge < -0.3 is 9.64 Å². The van der Waals surface area contributed by atoms with Crippen molar-refractivity contribution in [3.63, 3.8) is 0 Å². The Bertz CT molecular complexity index is 673. The fraction of sp³-hybridized carbons (Fsp3) is 0.471. The van der Waals surface area contributed by atoms with Crippen LogP contribution in [0.15, 0.2) is 36.5 Å². The van der Waals surface area contributed by atoms with Crippen LogP contribution in [0, 0.1) is 0 Å². The van der Waals surface area contributed by atoms with Gasteiger partial charge in [-0.3, -0.25) is 4.79 Å². The summed E-state index contributed by atoms with van der Waals surface area (Å²) in [5, 5.41) is 8.45. The first-order valence-corrected chi connectivity index (χ1v) is 8.16. The van der Waals surface area contributed by atoms with Gasteiger partial charge in [0.25, 0.3) is 0 Å².